The van der Waals surface area contributed by atoms with Crippen molar-refractivity contribution in [2.75, 3.05) is 13.2 Å². The Morgan fingerprint density at radius 1 is 0.969 bits per heavy atom. The number of benzene rings is 2. The molecule has 1 aromatic heterocycles. The van der Waals surface area contributed by atoms with Crippen LogP contribution in [-0.4, -0.2) is 29.9 Å². The van der Waals surface area contributed by atoms with Gasteiger partial charge in [-0.3, -0.25) is 14.6 Å². The summed E-state index contributed by atoms with van der Waals surface area (Å²) in [5, 5.41) is 5.51. The Kier molecular flexibility index (Phi) is 8.20. The van der Waals surface area contributed by atoms with E-state index in [0.29, 0.717) is 24.5 Å². The Hall–Kier alpha value is -3.87. The number of rotatable bonds is 10. The van der Waals surface area contributed by atoms with E-state index in [1.807, 2.05) is 50.2 Å². The predicted molar refractivity (Wildman–Crippen MR) is 122 cm³/mol. The first-order chi connectivity index (χ1) is 15.5. The van der Waals surface area contributed by atoms with E-state index in [4.69, 9.17) is 9.47 Å². The monoisotopic (exact) mass is 433 g/mol. The van der Waals surface area contributed by atoms with Gasteiger partial charge in [0.25, 0.3) is 5.91 Å². The summed E-state index contributed by atoms with van der Waals surface area (Å²) in [5.41, 5.74) is 2.39. The van der Waals surface area contributed by atoms with Gasteiger partial charge in [0.2, 0.25) is 5.91 Å². The van der Waals surface area contributed by atoms with Crippen molar-refractivity contribution < 1.29 is 19.1 Å². The second kappa shape index (κ2) is 11.5. The van der Waals surface area contributed by atoms with Crippen LogP contribution in [0.2, 0.25) is 0 Å². The summed E-state index contributed by atoms with van der Waals surface area (Å²) < 4.78 is 11.1. The summed E-state index contributed by atoms with van der Waals surface area (Å²) in [6.45, 7) is 4.67. The molecule has 1 atom stereocenters. The second-order valence-electron chi connectivity index (χ2n) is 7.15. The minimum Gasteiger partial charge on any atom is -0.494 e. The molecule has 0 radical (unpaired) electrons. The summed E-state index contributed by atoms with van der Waals surface area (Å²) in [5.74, 6) is 0.850. The van der Waals surface area contributed by atoms with Gasteiger partial charge >= 0.3 is 0 Å². The van der Waals surface area contributed by atoms with Crippen LogP contribution in [-0.2, 0) is 11.4 Å². The molecule has 2 aromatic carbocycles. The number of carbonyl (C=O) groups is 2. The first-order valence-electron chi connectivity index (χ1n) is 10.5. The summed E-state index contributed by atoms with van der Waals surface area (Å²) in [6.07, 6.45) is 3.49. The molecule has 0 aliphatic heterocycles. The third-order valence-corrected chi connectivity index (χ3v) is 4.72. The van der Waals surface area contributed by atoms with Crippen molar-refractivity contribution in [1.82, 2.24) is 15.6 Å². The lowest BCUT2D eigenvalue weighted by Gasteiger charge is -2.15. The molecule has 2 N–H and O–H groups in total. The molecule has 166 valence electrons. The van der Waals surface area contributed by atoms with Crippen LogP contribution in [0.1, 0.15) is 41.4 Å². The topological polar surface area (TPSA) is 89.5 Å². The Labute approximate surface area is 187 Å². The lowest BCUT2D eigenvalue weighted by Crippen LogP contribution is -2.38. The van der Waals surface area contributed by atoms with E-state index in [-0.39, 0.29) is 24.4 Å². The molecule has 0 spiro atoms. The Bertz CT molecular complexity index is 1010. The highest BCUT2D eigenvalue weighted by Gasteiger charge is 2.12. The highest BCUT2D eigenvalue weighted by Crippen LogP contribution is 2.18. The molecule has 7 heteroatoms. The fourth-order valence-electron chi connectivity index (χ4n) is 3.01. The van der Waals surface area contributed by atoms with Gasteiger partial charge in [-0.25, -0.2) is 0 Å². The lowest BCUT2D eigenvalue weighted by atomic mass is 10.1. The minimum atomic E-state index is -0.314. The summed E-state index contributed by atoms with van der Waals surface area (Å²) >= 11 is 0. The van der Waals surface area contributed by atoms with Crippen molar-refractivity contribution in [3.05, 3.63) is 89.7 Å². The molecule has 0 aliphatic carbocycles. The number of carbonyl (C=O) groups excluding carboxylic acids is 2. The van der Waals surface area contributed by atoms with Gasteiger partial charge in [-0.2, -0.15) is 0 Å². The maximum absolute atomic E-state index is 12.3. The maximum atomic E-state index is 12.3. The second-order valence-corrected chi connectivity index (χ2v) is 7.15. The van der Waals surface area contributed by atoms with E-state index in [0.717, 1.165) is 16.9 Å². The van der Waals surface area contributed by atoms with Gasteiger partial charge < -0.3 is 20.1 Å². The van der Waals surface area contributed by atoms with Crippen molar-refractivity contribution in [2.45, 2.75) is 26.5 Å². The van der Waals surface area contributed by atoms with E-state index in [1.165, 1.54) is 0 Å². The zero-order valence-electron chi connectivity index (χ0n) is 18.2. The van der Waals surface area contributed by atoms with Crippen LogP contribution in [0.25, 0.3) is 0 Å². The molecule has 0 saturated heterocycles. The van der Waals surface area contributed by atoms with Gasteiger partial charge in [0, 0.05) is 23.5 Å². The predicted octanol–water partition coefficient (Wildman–Crippen LogP) is 3.67. The zero-order chi connectivity index (χ0) is 22.8. The van der Waals surface area contributed by atoms with Crippen molar-refractivity contribution in [2.24, 2.45) is 0 Å². The van der Waals surface area contributed by atoms with Gasteiger partial charge in [-0.1, -0.05) is 18.2 Å². The third kappa shape index (κ3) is 6.84. The van der Waals surface area contributed by atoms with E-state index in [9.17, 15) is 9.59 Å². The summed E-state index contributed by atoms with van der Waals surface area (Å²) in [6, 6.07) is 17.9. The molecule has 7 nitrogen and oxygen atoms in total. The first kappa shape index (κ1) is 22.8. The fourth-order valence-corrected chi connectivity index (χ4v) is 3.01. The van der Waals surface area contributed by atoms with Crippen molar-refractivity contribution in [1.29, 1.82) is 0 Å². The number of ether oxygens (including phenoxy) is 2. The fraction of sp³-hybridized carbons (Fsp3) is 0.240. The smallest absolute Gasteiger partial charge is 0.251 e. The molecule has 0 saturated carbocycles. The molecule has 0 aliphatic rings. The quantitative estimate of drug-likeness (QED) is 0.509. The standard InChI is InChI=1S/C25H27N3O4/c1-3-31-22-12-8-21(9-13-22)25(30)27-16-24(29)28-18(2)20-6-10-23(11-7-20)32-17-19-5-4-14-26-15-19/h4-15,18H,3,16-17H2,1-2H3,(H,27,30)(H,28,29). The molecule has 1 heterocycles. The van der Waals surface area contributed by atoms with Crippen LogP contribution < -0.4 is 20.1 Å². The Balaban J connectivity index is 1.43. The number of hydrogen-bond donors (Lipinski definition) is 2. The first-order valence-corrected chi connectivity index (χ1v) is 10.5. The van der Waals surface area contributed by atoms with Gasteiger partial charge in [-0.05, 0) is 61.9 Å². The van der Waals surface area contributed by atoms with Gasteiger partial charge in [0.15, 0.2) is 0 Å². The molecule has 32 heavy (non-hydrogen) atoms. The van der Waals surface area contributed by atoms with Gasteiger partial charge in [-0.15, -0.1) is 0 Å². The Morgan fingerprint density at radius 2 is 1.66 bits per heavy atom. The molecule has 1 unspecified atom stereocenters. The normalized spacial score (nSPS) is 11.3. The summed E-state index contributed by atoms with van der Waals surface area (Å²) in [4.78, 5) is 28.5. The largest absolute Gasteiger partial charge is 0.494 e. The number of pyridine rings is 1. The van der Waals surface area contributed by atoms with Crippen molar-refractivity contribution in [3.8, 4) is 11.5 Å². The van der Waals surface area contributed by atoms with Crippen molar-refractivity contribution >= 4 is 11.8 Å². The molecular weight excluding hydrogens is 406 g/mol. The van der Waals surface area contributed by atoms with Crippen molar-refractivity contribution in [3.63, 3.8) is 0 Å². The van der Waals surface area contributed by atoms with Crippen LogP contribution in [0.15, 0.2) is 73.1 Å². The van der Waals surface area contributed by atoms with Crippen LogP contribution in [0.4, 0.5) is 0 Å². The molecule has 3 aromatic rings. The number of nitrogens with zero attached hydrogens (tertiary/aromatic N) is 1. The highest BCUT2D eigenvalue weighted by atomic mass is 16.5. The SMILES string of the molecule is CCOc1ccc(C(=O)NCC(=O)NC(C)c2ccc(OCc3cccnc3)cc2)cc1. The number of hydrogen-bond acceptors (Lipinski definition) is 5. The summed E-state index contributed by atoms with van der Waals surface area (Å²) in [7, 11) is 0. The van der Waals surface area contributed by atoms with E-state index >= 15 is 0 Å². The number of amides is 2. The average molecular weight is 434 g/mol. The Morgan fingerprint density at radius 3 is 2.31 bits per heavy atom. The zero-order valence-corrected chi connectivity index (χ0v) is 18.2. The third-order valence-electron chi connectivity index (χ3n) is 4.72. The molecule has 0 fully saturated rings. The van der Waals surface area contributed by atoms with Crippen LogP contribution in [0.3, 0.4) is 0 Å². The van der Waals surface area contributed by atoms with Crippen LogP contribution >= 0.6 is 0 Å². The number of aromatic nitrogens is 1. The molecule has 3 rings (SSSR count). The minimum absolute atomic E-state index is 0.108. The highest BCUT2D eigenvalue weighted by molar-refractivity contribution is 5.96. The number of nitrogens with one attached hydrogen (secondary N) is 2. The lowest BCUT2D eigenvalue weighted by molar-refractivity contribution is -0.120. The van der Waals surface area contributed by atoms with E-state index < -0.39 is 0 Å². The molecule has 2 amide bonds. The average Bonchev–Trinajstić information content (AvgIpc) is 2.83. The molecular formula is C25H27N3O4. The van der Waals surface area contributed by atoms with Gasteiger partial charge in [0.05, 0.1) is 19.2 Å². The van der Waals surface area contributed by atoms with Crippen LogP contribution in [0.5, 0.6) is 11.5 Å². The van der Waals surface area contributed by atoms with E-state index in [1.54, 1.807) is 36.7 Å². The van der Waals surface area contributed by atoms with E-state index in [2.05, 4.69) is 15.6 Å². The maximum Gasteiger partial charge on any atom is 0.251 e. The van der Waals surface area contributed by atoms with Crippen LogP contribution in [0, 0.1) is 0 Å². The molecule has 0 bridgehead atoms. The van der Waals surface area contributed by atoms with Gasteiger partial charge in [0.1, 0.15) is 18.1 Å².